The minimum absolute atomic E-state index is 0.0701. The number of rotatable bonds is 1. The van der Waals surface area contributed by atoms with E-state index in [1.165, 1.54) is 12.1 Å². The van der Waals surface area contributed by atoms with E-state index >= 15 is 0 Å². The Morgan fingerprint density at radius 2 is 1.66 bits per heavy atom. The highest BCUT2D eigenvalue weighted by molar-refractivity contribution is 6.12. The second-order valence-electron chi connectivity index (χ2n) is 7.54. The van der Waals surface area contributed by atoms with Gasteiger partial charge in [0.25, 0.3) is 0 Å². The molecule has 5 rings (SSSR count). The van der Waals surface area contributed by atoms with E-state index in [4.69, 9.17) is 0 Å². The van der Waals surface area contributed by atoms with E-state index in [0.29, 0.717) is 24.8 Å². The van der Waals surface area contributed by atoms with Gasteiger partial charge >= 0.3 is 6.18 Å². The Hall–Kier alpha value is -3.08. The highest BCUT2D eigenvalue weighted by atomic mass is 19.4. The van der Waals surface area contributed by atoms with Crippen molar-refractivity contribution in [2.75, 3.05) is 5.32 Å². The van der Waals surface area contributed by atoms with Gasteiger partial charge in [-0.15, -0.1) is 0 Å². The minimum Gasteiger partial charge on any atom is -0.373 e. The molecule has 3 aromatic carbocycles. The Morgan fingerprint density at radius 1 is 0.897 bits per heavy atom. The maximum Gasteiger partial charge on any atom is 0.416 e. The van der Waals surface area contributed by atoms with Gasteiger partial charge in [0.05, 0.1) is 11.6 Å². The van der Waals surface area contributed by atoms with Crippen LogP contribution in [0.5, 0.6) is 0 Å². The first kappa shape index (κ1) is 18.0. The molecule has 1 unspecified atom stereocenters. The zero-order valence-electron chi connectivity index (χ0n) is 15.5. The van der Waals surface area contributed by atoms with Gasteiger partial charge in [0.2, 0.25) is 0 Å². The summed E-state index contributed by atoms with van der Waals surface area (Å²) in [6.07, 6.45) is -2.71. The molecule has 2 nitrogen and oxygen atoms in total. The van der Waals surface area contributed by atoms with E-state index < -0.39 is 17.8 Å². The van der Waals surface area contributed by atoms with Crippen molar-refractivity contribution in [1.82, 2.24) is 0 Å². The van der Waals surface area contributed by atoms with E-state index in [0.717, 1.165) is 33.7 Å². The summed E-state index contributed by atoms with van der Waals surface area (Å²) in [5.41, 5.74) is 2.49. The predicted molar refractivity (Wildman–Crippen MR) is 108 cm³/mol. The van der Waals surface area contributed by atoms with Crippen molar-refractivity contribution >= 4 is 27.8 Å². The molecule has 1 N–H and O–H groups in total. The summed E-state index contributed by atoms with van der Waals surface area (Å²) in [6.45, 7) is 0. The Kier molecular flexibility index (Phi) is 4.02. The average Bonchev–Trinajstić information content (AvgIpc) is 2.72. The van der Waals surface area contributed by atoms with E-state index in [9.17, 15) is 18.0 Å². The largest absolute Gasteiger partial charge is 0.416 e. The van der Waals surface area contributed by atoms with Crippen LogP contribution in [0.25, 0.3) is 16.3 Å². The molecular weight excluding hydrogens is 375 g/mol. The fourth-order valence-electron chi connectivity index (χ4n) is 4.64. The zero-order chi connectivity index (χ0) is 20.2. The van der Waals surface area contributed by atoms with Crippen LogP contribution in [-0.2, 0) is 11.0 Å². The second kappa shape index (κ2) is 6.48. The number of fused-ring (bicyclic) bond motifs is 4. The van der Waals surface area contributed by atoms with Gasteiger partial charge < -0.3 is 5.32 Å². The number of carbonyl (C=O) groups is 1. The molecule has 29 heavy (non-hydrogen) atoms. The first-order chi connectivity index (χ1) is 13.9. The predicted octanol–water partition coefficient (Wildman–Crippen LogP) is 6.53. The monoisotopic (exact) mass is 393 g/mol. The van der Waals surface area contributed by atoms with Gasteiger partial charge in [-0.05, 0) is 46.9 Å². The molecule has 0 bridgehead atoms. The zero-order valence-corrected chi connectivity index (χ0v) is 15.5. The number of benzene rings is 3. The summed E-state index contributed by atoms with van der Waals surface area (Å²) < 4.78 is 41.1. The number of hydrogen-bond donors (Lipinski definition) is 1. The van der Waals surface area contributed by atoms with Crippen molar-refractivity contribution < 1.29 is 18.0 Å². The van der Waals surface area contributed by atoms with Gasteiger partial charge in [-0.1, -0.05) is 48.5 Å². The standard InChI is InChI=1S/C24H18F3NO/c25-24(26,27)18-10-4-3-8-16(18)23-22-17(9-5-11-20(22)29)21-15-7-2-1-6-14(15)12-13-19(21)28-23/h1-4,6-8,10,12-13,23,28H,5,9,11H2. The molecule has 3 aromatic rings. The SMILES string of the molecule is O=C1CCCC2=C1C(c1ccccc1C(F)(F)F)Nc1ccc3ccccc3c12. The average molecular weight is 393 g/mol. The summed E-state index contributed by atoms with van der Waals surface area (Å²) in [6, 6.07) is 16.5. The molecular formula is C24H18F3NO. The molecule has 0 saturated carbocycles. The highest BCUT2D eigenvalue weighted by Gasteiger charge is 2.40. The lowest BCUT2D eigenvalue weighted by Crippen LogP contribution is -2.29. The molecule has 0 radical (unpaired) electrons. The minimum atomic E-state index is -4.49. The number of allylic oxidation sites excluding steroid dienone is 1. The molecule has 1 aliphatic heterocycles. The Labute approximate surface area is 166 Å². The van der Waals surface area contributed by atoms with Crippen molar-refractivity contribution in [3.63, 3.8) is 0 Å². The van der Waals surface area contributed by atoms with Crippen molar-refractivity contribution in [3.05, 3.63) is 82.9 Å². The van der Waals surface area contributed by atoms with Crippen molar-refractivity contribution in [2.45, 2.75) is 31.5 Å². The van der Waals surface area contributed by atoms with Crippen LogP contribution in [0.15, 0.2) is 66.2 Å². The van der Waals surface area contributed by atoms with Crippen molar-refractivity contribution in [3.8, 4) is 0 Å². The summed E-state index contributed by atoms with van der Waals surface area (Å²) in [5.74, 6) is -0.0701. The second-order valence-corrected chi connectivity index (χ2v) is 7.54. The van der Waals surface area contributed by atoms with E-state index in [1.54, 1.807) is 6.07 Å². The maximum absolute atomic E-state index is 13.7. The topological polar surface area (TPSA) is 29.1 Å². The summed E-state index contributed by atoms with van der Waals surface area (Å²) in [5, 5.41) is 5.33. The summed E-state index contributed by atoms with van der Waals surface area (Å²) >= 11 is 0. The number of Topliss-reactive ketones (excluding diaryl/α,β-unsaturated/α-hetero) is 1. The normalized spacial score (nSPS) is 19.0. The molecule has 1 atom stereocenters. The summed E-state index contributed by atoms with van der Waals surface area (Å²) in [4.78, 5) is 12.9. The highest BCUT2D eigenvalue weighted by Crippen LogP contribution is 2.49. The molecule has 146 valence electrons. The quantitative estimate of drug-likeness (QED) is 0.509. The lowest BCUT2D eigenvalue weighted by atomic mass is 9.76. The van der Waals surface area contributed by atoms with Crippen LogP contribution >= 0.6 is 0 Å². The Morgan fingerprint density at radius 3 is 2.48 bits per heavy atom. The number of ketones is 1. The molecule has 1 heterocycles. The van der Waals surface area contributed by atoms with Gasteiger partial charge in [0.1, 0.15) is 0 Å². The van der Waals surface area contributed by atoms with Gasteiger partial charge in [0, 0.05) is 23.2 Å². The molecule has 0 saturated heterocycles. The Balaban J connectivity index is 1.79. The smallest absolute Gasteiger partial charge is 0.373 e. The van der Waals surface area contributed by atoms with Gasteiger partial charge in [-0.25, -0.2) is 0 Å². The molecule has 2 aliphatic rings. The summed E-state index contributed by atoms with van der Waals surface area (Å²) in [7, 11) is 0. The third-order valence-corrected chi connectivity index (χ3v) is 5.85. The molecule has 1 aliphatic carbocycles. The number of anilines is 1. The van der Waals surface area contributed by atoms with Crippen LogP contribution in [-0.4, -0.2) is 5.78 Å². The number of alkyl halides is 3. The molecule has 0 aromatic heterocycles. The number of hydrogen-bond acceptors (Lipinski definition) is 2. The van der Waals surface area contributed by atoms with Crippen LogP contribution in [0, 0.1) is 0 Å². The molecule has 0 fully saturated rings. The van der Waals surface area contributed by atoms with Crippen LogP contribution in [0.2, 0.25) is 0 Å². The lowest BCUT2D eigenvalue weighted by Gasteiger charge is -2.36. The van der Waals surface area contributed by atoms with Crippen LogP contribution in [0.3, 0.4) is 0 Å². The lowest BCUT2D eigenvalue weighted by molar-refractivity contribution is -0.138. The van der Waals surface area contributed by atoms with E-state index in [1.807, 2.05) is 36.4 Å². The first-order valence-electron chi connectivity index (χ1n) is 9.66. The number of nitrogens with one attached hydrogen (secondary N) is 1. The maximum atomic E-state index is 13.7. The van der Waals surface area contributed by atoms with Crippen molar-refractivity contribution in [1.29, 1.82) is 0 Å². The van der Waals surface area contributed by atoms with Gasteiger partial charge in [-0.2, -0.15) is 13.2 Å². The molecule has 0 amide bonds. The molecule has 0 spiro atoms. The van der Waals surface area contributed by atoms with Gasteiger partial charge in [-0.3, -0.25) is 4.79 Å². The van der Waals surface area contributed by atoms with Crippen LogP contribution in [0.4, 0.5) is 18.9 Å². The van der Waals surface area contributed by atoms with Crippen molar-refractivity contribution in [2.24, 2.45) is 0 Å². The number of halogens is 3. The van der Waals surface area contributed by atoms with E-state index in [-0.39, 0.29) is 11.3 Å². The number of carbonyl (C=O) groups excluding carboxylic acids is 1. The Bertz CT molecular complexity index is 1180. The fraction of sp³-hybridized carbons (Fsp3) is 0.208. The molecule has 5 heteroatoms. The van der Waals surface area contributed by atoms with E-state index in [2.05, 4.69) is 5.32 Å². The van der Waals surface area contributed by atoms with Crippen LogP contribution < -0.4 is 5.32 Å². The van der Waals surface area contributed by atoms with Crippen LogP contribution in [0.1, 0.15) is 42.0 Å². The third-order valence-electron chi connectivity index (χ3n) is 5.85. The fourth-order valence-corrected chi connectivity index (χ4v) is 4.64. The first-order valence-corrected chi connectivity index (χ1v) is 9.66. The third kappa shape index (κ3) is 2.84. The van der Waals surface area contributed by atoms with Gasteiger partial charge in [0.15, 0.2) is 5.78 Å².